The van der Waals surface area contributed by atoms with Crippen molar-refractivity contribution in [3.63, 3.8) is 0 Å². The van der Waals surface area contributed by atoms with E-state index in [2.05, 4.69) is 0 Å². The number of aliphatic hydroxyl groups excluding tert-OH is 3. The van der Waals surface area contributed by atoms with Gasteiger partial charge >= 0.3 is 11.9 Å². The van der Waals surface area contributed by atoms with Crippen LogP contribution in [0.3, 0.4) is 0 Å². The maximum absolute atomic E-state index is 13.6. The third kappa shape index (κ3) is 2.67. The molecule has 5 N–H and O–H groups in total. The Morgan fingerprint density at radius 3 is 2.36 bits per heavy atom. The number of benzene rings is 1. The number of fused-ring (bicyclic) bond motifs is 2. The highest BCUT2D eigenvalue weighted by molar-refractivity contribution is 5.91. The van der Waals surface area contributed by atoms with E-state index in [4.69, 9.17) is 9.47 Å². The van der Waals surface area contributed by atoms with Crippen molar-refractivity contribution in [2.75, 3.05) is 6.61 Å². The smallest absolute Gasteiger partial charge is 0.343 e. The minimum atomic E-state index is -2.38. The van der Waals surface area contributed by atoms with E-state index in [1.807, 2.05) is 0 Å². The maximum atomic E-state index is 13.6. The minimum Gasteiger partial charge on any atom is -0.457 e. The Balaban J connectivity index is 1.84. The van der Waals surface area contributed by atoms with Gasteiger partial charge < -0.3 is 35.0 Å². The number of ether oxygens (including phenoxy) is 2. The summed E-state index contributed by atoms with van der Waals surface area (Å²) in [6, 6.07) is 8.24. The molecule has 1 aromatic rings. The lowest BCUT2D eigenvalue weighted by Crippen LogP contribution is -2.85. The minimum absolute atomic E-state index is 0.242. The van der Waals surface area contributed by atoms with E-state index in [-0.39, 0.29) is 5.56 Å². The lowest BCUT2D eigenvalue weighted by Gasteiger charge is -2.71. The molecule has 0 unspecified atom stereocenters. The predicted molar refractivity (Wildman–Crippen MR) is 125 cm³/mol. The number of hydrogen-bond donors (Lipinski definition) is 5. The first-order valence-electron chi connectivity index (χ1n) is 12.4. The van der Waals surface area contributed by atoms with Crippen molar-refractivity contribution in [3.8, 4) is 0 Å². The highest BCUT2D eigenvalue weighted by atomic mass is 16.6. The molecule has 1 aliphatic heterocycles. The predicted octanol–water partition coefficient (Wildman–Crippen LogP) is 0.860. The monoisotopic (exact) mass is 502 g/mol. The van der Waals surface area contributed by atoms with Crippen molar-refractivity contribution in [1.29, 1.82) is 0 Å². The van der Waals surface area contributed by atoms with Crippen molar-refractivity contribution in [2.45, 2.75) is 82.1 Å². The molecule has 9 heteroatoms. The van der Waals surface area contributed by atoms with Crippen LogP contribution in [0.1, 0.15) is 57.3 Å². The highest BCUT2D eigenvalue weighted by Gasteiger charge is 2.85. The van der Waals surface area contributed by atoms with Crippen molar-refractivity contribution in [2.24, 2.45) is 16.7 Å². The summed E-state index contributed by atoms with van der Waals surface area (Å²) in [7, 11) is 0. The summed E-state index contributed by atoms with van der Waals surface area (Å²) in [6.45, 7) is 5.62. The lowest BCUT2D eigenvalue weighted by atomic mass is 9.38. The van der Waals surface area contributed by atoms with E-state index >= 15 is 0 Å². The molecule has 1 heterocycles. The molecule has 0 aromatic heterocycles. The van der Waals surface area contributed by atoms with Crippen LogP contribution in [0.4, 0.5) is 0 Å². The van der Waals surface area contributed by atoms with Gasteiger partial charge in [0.1, 0.15) is 17.3 Å². The Morgan fingerprint density at radius 2 is 1.75 bits per heavy atom. The second kappa shape index (κ2) is 7.61. The Labute approximate surface area is 209 Å². The fourth-order valence-electron chi connectivity index (χ4n) is 7.92. The summed E-state index contributed by atoms with van der Waals surface area (Å²) in [5, 5.41) is 56.9. The van der Waals surface area contributed by atoms with Crippen LogP contribution in [-0.2, 0) is 14.3 Å². The van der Waals surface area contributed by atoms with E-state index < -0.39 is 76.8 Å². The third-order valence-corrected chi connectivity index (χ3v) is 9.81. The van der Waals surface area contributed by atoms with Gasteiger partial charge in [0, 0.05) is 17.8 Å². The second-order valence-corrected chi connectivity index (χ2v) is 11.6. The zero-order chi connectivity index (χ0) is 26.5. The van der Waals surface area contributed by atoms with Crippen molar-refractivity contribution >= 4 is 11.9 Å². The first-order chi connectivity index (χ1) is 16.7. The van der Waals surface area contributed by atoms with Gasteiger partial charge in [-0.1, -0.05) is 30.7 Å². The summed E-state index contributed by atoms with van der Waals surface area (Å²) < 4.78 is 12.1. The van der Waals surface area contributed by atoms with Gasteiger partial charge in [0.2, 0.25) is 0 Å². The van der Waals surface area contributed by atoms with Gasteiger partial charge in [-0.3, -0.25) is 0 Å². The van der Waals surface area contributed by atoms with Crippen molar-refractivity contribution in [1.82, 2.24) is 0 Å². The highest BCUT2D eigenvalue weighted by Crippen LogP contribution is 2.74. The molecule has 36 heavy (non-hydrogen) atoms. The second-order valence-electron chi connectivity index (χ2n) is 11.6. The number of allylic oxidation sites excluding steroid dienone is 1. The number of aliphatic hydroxyl groups is 5. The van der Waals surface area contributed by atoms with E-state index in [9.17, 15) is 35.1 Å². The number of cyclic esters (lactones) is 1. The number of rotatable bonds is 3. The molecule has 0 spiro atoms. The average molecular weight is 503 g/mol. The molecular weight excluding hydrogens is 468 g/mol. The SMILES string of the molecule is CC1=C2[C@@]3(O)C(=O)OC(C)(C)[C@]2(CC1)[C@@H](OC(=O)c1ccccc1)[C@@H]1[C@](O)(CO)[C@@H](O)C[C@H](O)[C@]13C. The first-order valence-corrected chi connectivity index (χ1v) is 12.4. The summed E-state index contributed by atoms with van der Waals surface area (Å²) in [4.78, 5) is 27.1. The van der Waals surface area contributed by atoms with Gasteiger partial charge in [0.25, 0.3) is 0 Å². The zero-order valence-corrected chi connectivity index (χ0v) is 20.9. The molecule has 3 aliphatic carbocycles. The van der Waals surface area contributed by atoms with E-state index in [0.29, 0.717) is 24.0 Å². The van der Waals surface area contributed by atoms with Gasteiger partial charge in [-0.25, -0.2) is 9.59 Å². The van der Waals surface area contributed by atoms with Crippen LogP contribution < -0.4 is 0 Å². The van der Waals surface area contributed by atoms with Crippen LogP contribution in [0.15, 0.2) is 41.5 Å². The van der Waals surface area contributed by atoms with Crippen LogP contribution in [-0.4, -0.2) is 79.2 Å². The van der Waals surface area contributed by atoms with Gasteiger partial charge in [0.15, 0.2) is 5.60 Å². The molecule has 8 atom stereocenters. The van der Waals surface area contributed by atoms with Gasteiger partial charge in [-0.15, -0.1) is 0 Å². The van der Waals surface area contributed by atoms with Crippen LogP contribution in [0.2, 0.25) is 0 Å². The Kier molecular flexibility index (Phi) is 5.36. The molecule has 196 valence electrons. The molecular formula is C27H34O9. The summed E-state index contributed by atoms with van der Waals surface area (Å²) in [6.07, 6.45) is -4.02. The van der Waals surface area contributed by atoms with Crippen LogP contribution in [0.5, 0.6) is 0 Å². The summed E-state index contributed by atoms with van der Waals surface area (Å²) >= 11 is 0. The molecule has 2 saturated carbocycles. The number of hydrogen-bond acceptors (Lipinski definition) is 9. The van der Waals surface area contributed by atoms with E-state index in [0.717, 1.165) is 0 Å². The molecule has 9 nitrogen and oxygen atoms in total. The lowest BCUT2D eigenvalue weighted by molar-refractivity contribution is -0.340. The maximum Gasteiger partial charge on any atom is 0.343 e. The number of esters is 2. The number of carbonyl (C=O) groups is 2. The van der Waals surface area contributed by atoms with E-state index in [1.54, 1.807) is 51.1 Å². The quantitative estimate of drug-likeness (QED) is 0.299. The Hall–Kier alpha value is -2.30. The largest absolute Gasteiger partial charge is 0.457 e. The number of carbonyl (C=O) groups excluding carboxylic acids is 2. The van der Waals surface area contributed by atoms with Gasteiger partial charge in [0.05, 0.1) is 29.8 Å². The Morgan fingerprint density at radius 1 is 1.11 bits per heavy atom. The van der Waals surface area contributed by atoms with Crippen molar-refractivity contribution in [3.05, 3.63) is 47.0 Å². The fraction of sp³-hybridized carbons (Fsp3) is 0.630. The first kappa shape index (κ1) is 25.4. The van der Waals surface area contributed by atoms with Gasteiger partial charge in [-0.05, 0) is 51.3 Å². The van der Waals surface area contributed by atoms with Crippen LogP contribution in [0.25, 0.3) is 0 Å². The third-order valence-electron chi connectivity index (χ3n) is 9.81. The standard InChI is InChI=1S/C27H34O9/c1-14-10-11-25-18(14)27(34,22(32)36-23(25,2)3)24(4)16(29)12-17(30)26(33,13-28)19(24)20(25)35-21(31)15-8-6-5-7-9-15/h5-9,16-17,19-20,28-30,33-34H,10-13H2,1-4H3/t16-,17-,19-,20-,24+,25-,26-,27+/m0/s1. The van der Waals surface area contributed by atoms with Crippen molar-refractivity contribution < 1.29 is 44.6 Å². The van der Waals surface area contributed by atoms with Crippen LogP contribution in [0, 0.1) is 16.7 Å². The molecule has 0 amide bonds. The fourth-order valence-corrected chi connectivity index (χ4v) is 7.92. The molecule has 3 fully saturated rings. The summed E-state index contributed by atoms with van der Waals surface area (Å²) in [5.41, 5.74) is -7.84. The molecule has 5 rings (SSSR count). The molecule has 4 aliphatic rings. The zero-order valence-electron chi connectivity index (χ0n) is 20.9. The average Bonchev–Trinajstić information content (AvgIpc) is 3.20. The molecule has 2 bridgehead atoms. The van der Waals surface area contributed by atoms with Gasteiger partial charge in [-0.2, -0.15) is 0 Å². The topological polar surface area (TPSA) is 154 Å². The molecule has 1 aromatic carbocycles. The normalized spacial score (nSPS) is 45.0. The summed E-state index contributed by atoms with van der Waals surface area (Å²) in [5.74, 6) is -3.11. The van der Waals surface area contributed by atoms with E-state index in [1.165, 1.54) is 6.92 Å². The molecule has 0 radical (unpaired) electrons. The van der Waals surface area contributed by atoms with Crippen LogP contribution >= 0.6 is 0 Å². The Bertz CT molecular complexity index is 1150. The molecule has 1 saturated heterocycles.